The number of nitrogens with one attached hydrogen (secondary N) is 5. The smallest absolute Gasteiger partial charge is 0.414 e. The first-order valence-corrected chi connectivity index (χ1v) is 9.90. The van der Waals surface area contributed by atoms with Crippen molar-refractivity contribution < 1.29 is 33.8 Å². The molecule has 0 radical (unpaired) electrons. The van der Waals surface area contributed by atoms with E-state index >= 15 is 0 Å². The number of benzene rings is 1. The van der Waals surface area contributed by atoms with Gasteiger partial charge < -0.3 is 20.5 Å². The van der Waals surface area contributed by atoms with E-state index in [9.17, 15) is 29.1 Å². The predicted molar refractivity (Wildman–Crippen MR) is 111 cm³/mol. The second-order valence-electron chi connectivity index (χ2n) is 6.58. The Morgan fingerprint density at radius 1 is 1.22 bits per heavy atom. The van der Waals surface area contributed by atoms with Crippen LogP contribution in [0.2, 0.25) is 10.0 Å². The van der Waals surface area contributed by atoms with E-state index < -0.39 is 48.5 Å². The minimum Gasteiger partial charge on any atom is -0.480 e. The Hall–Kier alpha value is -3.38. The van der Waals surface area contributed by atoms with E-state index in [1.165, 1.54) is 12.1 Å². The molecule has 1 fully saturated rings. The molecule has 1 aliphatic rings. The molecule has 0 aliphatic carbocycles. The largest absolute Gasteiger partial charge is 0.480 e. The molecule has 1 aromatic carbocycles. The molecule has 4 amide bonds. The summed E-state index contributed by atoms with van der Waals surface area (Å²) in [4.78, 5) is 58.3. The molecule has 1 saturated heterocycles. The molecule has 172 valence electrons. The molecule has 14 heteroatoms. The lowest BCUT2D eigenvalue weighted by Gasteiger charge is -2.17. The highest BCUT2D eigenvalue weighted by molar-refractivity contribution is 6.36. The number of guanidine groups is 1. The maximum absolute atomic E-state index is 12.0. The highest BCUT2D eigenvalue weighted by atomic mass is 35.5. The topological polar surface area (TPSA) is 187 Å². The third-order valence-electron chi connectivity index (χ3n) is 4.20. The van der Waals surface area contributed by atoms with Crippen LogP contribution in [0, 0.1) is 5.41 Å². The quantitative estimate of drug-likeness (QED) is 0.233. The second-order valence-corrected chi connectivity index (χ2v) is 7.40. The predicted octanol–water partition coefficient (Wildman–Crippen LogP) is 0.161. The van der Waals surface area contributed by atoms with Crippen molar-refractivity contribution in [3.63, 3.8) is 0 Å². The van der Waals surface area contributed by atoms with Crippen molar-refractivity contribution >= 4 is 58.9 Å². The molecule has 1 heterocycles. The normalized spacial score (nSPS) is 15.8. The van der Waals surface area contributed by atoms with Gasteiger partial charge >= 0.3 is 12.1 Å². The maximum Gasteiger partial charge on any atom is 0.414 e. The fourth-order valence-electron chi connectivity index (χ4n) is 2.63. The Morgan fingerprint density at radius 2 is 1.88 bits per heavy atom. The molecule has 12 nitrogen and oxygen atoms in total. The van der Waals surface area contributed by atoms with E-state index in [1.54, 1.807) is 6.07 Å². The zero-order valence-electron chi connectivity index (χ0n) is 16.4. The van der Waals surface area contributed by atoms with Gasteiger partial charge in [-0.05, 0) is 24.1 Å². The summed E-state index contributed by atoms with van der Waals surface area (Å²) in [6, 6.07) is 2.22. The van der Waals surface area contributed by atoms with Gasteiger partial charge in [0, 0.05) is 16.5 Å². The summed E-state index contributed by atoms with van der Waals surface area (Å²) < 4.78 is 4.69. The number of hydrogen-bond acceptors (Lipinski definition) is 7. The van der Waals surface area contributed by atoms with Gasteiger partial charge in [-0.3, -0.25) is 30.4 Å². The molecule has 1 aromatic rings. The second kappa shape index (κ2) is 11.3. The molecule has 1 aliphatic heterocycles. The summed E-state index contributed by atoms with van der Waals surface area (Å²) in [5.74, 6) is -3.96. The van der Waals surface area contributed by atoms with Gasteiger partial charge in [0.2, 0.25) is 23.7 Å². The van der Waals surface area contributed by atoms with E-state index in [4.69, 9.17) is 33.3 Å². The van der Waals surface area contributed by atoms with Crippen LogP contribution in [0.4, 0.5) is 4.79 Å². The van der Waals surface area contributed by atoms with Gasteiger partial charge in [0.05, 0.1) is 6.42 Å². The van der Waals surface area contributed by atoms with Crippen molar-refractivity contribution in [1.29, 1.82) is 5.41 Å². The molecule has 0 aromatic heterocycles. The van der Waals surface area contributed by atoms with Gasteiger partial charge in [0.15, 0.2) is 6.04 Å². The molecule has 0 unspecified atom stereocenters. The Balaban J connectivity index is 1.79. The first kappa shape index (κ1) is 24.9. The van der Waals surface area contributed by atoms with E-state index in [0.29, 0.717) is 5.56 Å². The maximum atomic E-state index is 12.0. The van der Waals surface area contributed by atoms with Crippen LogP contribution in [0.1, 0.15) is 18.4 Å². The average molecular weight is 488 g/mol. The van der Waals surface area contributed by atoms with Crippen LogP contribution in [0.15, 0.2) is 18.2 Å². The highest BCUT2D eigenvalue weighted by Crippen LogP contribution is 2.24. The fraction of sp³-hybridized carbons (Fsp3) is 0.333. The van der Waals surface area contributed by atoms with Crippen LogP contribution in [-0.4, -0.2) is 59.5 Å². The number of carbonyl (C=O) groups excluding carboxylic acids is 4. The number of carbonyl (C=O) groups is 5. The van der Waals surface area contributed by atoms with Crippen molar-refractivity contribution in [2.24, 2.45) is 0 Å². The summed E-state index contributed by atoms with van der Waals surface area (Å²) >= 11 is 11.9. The Bertz CT molecular complexity index is 935. The Kier molecular flexibility index (Phi) is 8.79. The summed E-state index contributed by atoms with van der Waals surface area (Å²) in [5.41, 5.74) is 0.335. The van der Waals surface area contributed by atoms with Gasteiger partial charge in [-0.2, -0.15) is 0 Å². The number of alkyl carbamates (subject to hydrolysis) is 1. The molecule has 0 saturated carbocycles. The summed E-state index contributed by atoms with van der Waals surface area (Å²) in [6.07, 6.45) is -1.14. The first-order valence-electron chi connectivity index (χ1n) is 9.14. The minimum absolute atomic E-state index is 0.144. The molecule has 0 spiro atoms. The Morgan fingerprint density at radius 3 is 2.44 bits per heavy atom. The molecule has 2 atom stereocenters. The van der Waals surface area contributed by atoms with Crippen molar-refractivity contribution in [3.8, 4) is 0 Å². The molecule has 0 bridgehead atoms. The number of hydrogen-bond donors (Lipinski definition) is 6. The van der Waals surface area contributed by atoms with Crippen molar-refractivity contribution in [3.05, 3.63) is 33.8 Å². The monoisotopic (exact) mass is 487 g/mol. The van der Waals surface area contributed by atoms with Gasteiger partial charge in [-0.1, -0.05) is 29.3 Å². The lowest BCUT2D eigenvalue weighted by Crippen LogP contribution is -2.51. The fourth-order valence-corrected chi connectivity index (χ4v) is 3.16. The molecule has 2 rings (SSSR count). The van der Waals surface area contributed by atoms with E-state index in [1.807, 2.05) is 5.32 Å². The number of ether oxygens (including phenoxy) is 1. The van der Waals surface area contributed by atoms with E-state index in [2.05, 4.69) is 16.0 Å². The number of carboxylic acids is 1. The van der Waals surface area contributed by atoms with Crippen LogP contribution in [0.5, 0.6) is 0 Å². The first-order chi connectivity index (χ1) is 15.1. The lowest BCUT2D eigenvalue weighted by molar-refractivity contribution is -0.143. The molecule has 32 heavy (non-hydrogen) atoms. The van der Waals surface area contributed by atoms with Crippen LogP contribution in [0.3, 0.4) is 0 Å². The zero-order chi connectivity index (χ0) is 23.8. The number of aliphatic carboxylic acids is 1. The molecule has 6 N–H and O–H groups in total. The standard InChI is InChI=1S/C18H19Cl2N5O7/c19-9-2-1-3-10(20)8(9)6-14(27)24-17(21)25-18(31)32-7-12(16(29)30)23-15(28)11-4-5-13(26)22-11/h1-3,11-12H,4-7H2,(H,22,26)(H,23,28)(H,29,30)(H3,21,24,25,27,31)/t11-,12-/m0/s1. The third-order valence-corrected chi connectivity index (χ3v) is 4.91. The lowest BCUT2D eigenvalue weighted by atomic mass is 10.1. The van der Waals surface area contributed by atoms with Crippen molar-refractivity contribution in [1.82, 2.24) is 21.3 Å². The number of amides is 4. The summed E-state index contributed by atoms with van der Waals surface area (Å²) in [6.45, 7) is -0.760. The van der Waals surface area contributed by atoms with E-state index in [-0.39, 0.29) is 35.2 Å². The van der Waals surface area contributed by atoms with Gasteiger partial charge in [-0.25, -0.2) is 9.59 Å². The van der Waals surface area contributed by atoms with Gasteiger partial charge in [-0.15, -0.1) is 0 Å². The summed E-state index contributed by atoms with van der Waals surface area (Å²) in [7, 11) is 0. The Labute approximate surface area is 191 Å². The summed E-state index contributed by atoms with van der Waals surface area (Å²) in [5, 5.41) is 25.8. The van der Waals surface area contributed by atoms with Gasteiger partial charge in [0.1, 0.15) is 12.6 Å². The number of rotatable bonds is 7. The van der Waals surface area contributed by atoms with Crippen molar-refractivity contribution in [2.45, 2.75) is 31.3 Å². The number of halogens is 2. The molecular formula is C18H19Cl2N5O7. The van der Waals surface area contributed by atoms with Crippen LogP contribution in [-0.2, 0) is 30.3 Å². The zero-order valence-corrected chi connectivity index (χ0v) is 17.9. The SMILES string of the molecule is N=C(NC(=O)Cc1c(Cl)cccc1Cl)NC(=O)OC[C@H](NC(=O)[C@@H]1CCC(=O)N1)C(=O)O. The van der Waals surface area contributed by atoms with Gasteiger partial charge in [0.25, 0.3) is 0 Å². The van der Waals surface area contributed by atoms with Crippen LogP contribution in [0.25, 0.3) is 0 Å². The van der Waals surface area contributed by atoms with Crippen LogP contribution >= 0.6 is 23.2 Å². The van der Waals surface area contributed by atoms with Crippen molar-refractivity contribution in [2.75, 3.05) is 6.61 Å². The average Bonchev–Trinajstić information content (AvgIpc) is 3.14. The number of carboxylic acid groups (broad SMARTS) is 1. The highest BCUT2D eigenvalue weighted by Gasteiger charge is 2.31. The van der Waals surface area contributed by atoms with E-state index in [0.717, 1.165) is 0 Å². The minimum atomic E-state index is -1.59. The third kappa shape index (κ3) is 7.39. The molecular weight excluding hydrogens is 469 g/mol. The van der Waals surface area contributed by atoms with Crippen LogP contribution < -0.4 is 21.3 Å².